The number of rotatable bonds is 7. The second-order valence-electron chi connectivity index (χ2n) is 8.13. The predicted octanol–water partition coefficient (Wildman–Crippen LogP) is 4.76. The van der Waals surface area contributed by atoms with Gasteiger partial charge < -0.3 is 9.14 Å². The number of thioether (sulfide) groups is 1. The highest BCUT2D eigenvalue weighted by molar-refractivity contribution is 7.98. The van der Waals surface area contributed by atoms with Crippen LogP contribution in [-0.4, -0.2) is 49.2 Å². The smallest absolute Gasteiger partial charge is 0.196 e. The SMILES string of the molecule is COc1ccc(-n2c(SCc3cn4ccccc4n3)nnc2C(C)N2CCCCC2)cc1. The van der Waals surface area contributed by atoms with E-state index in [9.17, 15) is 0 Å². The summed E-state index contributed by atoms with van der Waals surface area (Å²) in [5.74, 6) is 2.55. The molecule has 1 aromatic carbocycles. The predicted molar refractivity (Wildman–Crippen MR) is 127 cm³/mol. The first-order valence-corrected chi connectivity index (χ1v) is 12.1. The van der Waals surface area contributed by atoms with Crippen LogP contribution in [-0.2, 0) is 5.75 Å². The van der Waals surface area contributed by atoms with Gasteiger partial charge in [-0.25, -0.2) is 4.98 Å². The number of pyridine rings is 1. The van der Waals surface area contributed by atoms with Crippen molar-refractivity contribution in [3.05, 3.63) is 66.4 Å². The van der Waals surface area contributed by atoms with Crippen LogP contribution in [0, 0.1) is 0 Å². The number of benzene rings is 1. The Morgan fingerprint density at radius 2 is 1.84 bits per heavy atom. The van der Waals surface area contributed by atoms with Crippen molar-refractivity contribution < 1.29 is 4.74 Å². The molecule has 0 aliphatic carbocycles. The highest BCUT2D eigenvalue weighted by Crippen LogP contribution is 2.31. The number of aromatic nitrogens is 5. The summed E-state index contributed by atoms with van der Waals surface area (Å²) >= 11 is 1.67. The summed E-state index contributed by atoms with van der Waals surface area (Å²) in [6.07, 6.45) is 7.91. The molecule has 1 fully saturated rings. The Morgan fingerprint density at radius 3 is 2.59 bits per heavy atom. The lowest BCUT2D eigenvalue weighted by molar-refractivity contribution is 0.167. The highest BCUT2D eigenvalue weighted by atomic mass is 32.2. The second kappa shape index (κ2) is 9.34. The van der Waals surface area contributed by atoms with E-state index in [-0.39, 0.29) is 6.04 Å². The van der Waals surface area contributed by atoms with Crippen molar-refractivity contribution in [2.24, 2.45) is 0 Å². The molecule has 1 aliphatic rings. The largest absolute Gasteiger partial charge is 0.497 e. The van der Waals surface area contributed by atoms with Gasteiger partial charge in [0.2, 0.25) is 0 Å². The molecule has 0 N–H and O–H groups in total. The quantitative estimate of drug-likeness (QED) is 0.380. The fourth-order valence-corrected chi connectivity index (χ4v) is 5.13. The summed E-state index contributed by atoms with van der Waals surface area (Å²) < 4.78 is 9.60. The Balaban J connectivity index is 1.45. The summed E-state index contributed by atoms with van der Waals surface area (Å²) in [7, 11) is 1.69. The lowest BCUT2D eigenvalue weighted by Crippen LogP contribution is -2.33. The molecule has 166 valence electrons. The number of nitrogens with zero attached hydrogens (tertiary/aromatic N) is 6. The average Bonchev–Trinajstić information content (AvgIpc) is 3.46. The van der Waals surface area contributed by atoms with E-state index in [1.54, 1.807) is 18.9 Å². The maximum Gasteiger partial charge on any atom is 0.196 e. The van der Waals surface area contributed by atoms with Gasteiger partial charge in [0.1, 0.15) is 11.4 Å². The van der Waals surface area contributed by atoms with Crippen LogP contribution in [0.1, 0.15) is 43.7 Å². The van der Waals surface area contributed by atoms with Gasteiger partial charge in [0.25, 0.3) is 0 Å². The normalized spacial score (nSPS) is 15.8. The van der Waals surface area contributed by atoms with E-state index in [2.05, 4.69) is 44.9 Å². The minimum absolute atomic E-state index is 0.203. The number of ether oxygens (including phenoxy) is 1. The monoisotopic (exact) mass is 448 g/mol. The minimum Gasteiger partial charge on any atom is -0.497 e. The van der Waals surface area contributed by atoms with E-state index in [1.165, 1.54) is 19.3 Å². The molecule has 0 bridgehead atoms. The van der Waals surface area contributed by atoms with Crippen molar-refractivity contribution in [3.8, 4) is 11.4 Å². The molecular weight excluding hydrogens is 420 g/mol. The topological polar surface area (TPSA) is 60.5 Å². The molecule has 0 radical (unpaired) electrons. The fourth-order valence-electron chi connectivity index (χ4n) is 4.28. The van der Waals surface area contributed by atoms with Gasteiger partial charge in [-0.05, 0) is 69.3 Å². The van der Waals surface area contributed by atoms with Crippen LogP contribution >= 0.6 is 11.8 Å². The van der Waals surface area contributed by atoms with E-state index in [4.69, 9.17) is 9.72 Å². The van der Waals surface area contributed by atoms with Crippen LogP contribution in [0.2, 0.25) is 0 Å². The Hall–Kier alpha value is -2.84. The zero-order valence-corrected chi connectivity index (χ0v) is 19.3. The lowest BCUT2D eigenvalue weighted by atomic mass is 10.1. The summed E-state index contributed by atoms with van der Waals surface area (Å²) in [6, 6.07) is 14.4. The number of likely N-dealkylation sites (tertiary alicyclic amines) is 1. The number of fused-ring (bicyclic) bond motifs is 1. The molecule has 7 nitrogen and oxygen atoms in total. The molecule has 8 heteroatoms. The first-order valence-electron chi connectivity index (χ1n) is 11.1. The molecule has 0 amide bonds. The maximum absolute atomic E-state index is 5.36. The lowest BCUT2D eigenvalue weighted by Gasteiger charge is -2.31. The average molecular weight is 449 g/mol. The van der Waals surface area contributed by atoms with E-state index >= 15 is 0 Å². The minimum atomic E-state index is 0.203. The van der Waals surface area contributed by atoms with Crippen molar-refractivity contribution in [3.63, 3.8) is 0 Å². The first kappa shape index (κ1) is 21.0. The molecule has 4 heterocycles. The Labute approximate surface area is 192 Å². The van der Waals surface area contributed by atoms with Gasteiger partial charge in [0.15, 0.2) is 11.0 Å². The molecule has 1 aliphatic heterocycles. The Bertz CT molecular complexity index is 1150. The standard InChI is InChI=1S/C24H28N6OS/c1-18(28-13-5-3-6-14-28)23-26-27-24(30(23)20-9-11-21(31-2)12-10-20)32-17-19-16-29-15-7-4-8-22(29)25-19/h4,7-12,15-16,18H,3,5-6,13-14,17H2,1-2H3. The van der Waals surface area contributed by atoms with E-state index in [1.807, 2.05) is 40.9 Å². The summed E-state index contributed by atoms with van der Waals surface area (Å²) in [5, 5.41) is 10.1. The van der Waals surface area contributed by atoms with E-state index in [0.29, 0.717) is 0 Å². The molecule has 1 saturated heterocycles. The maximum atomic E-state index is 5.36. The van der Waals surface area contributed by atoms with E-state index < -0.39 is 0 Å². The van der Waals surface area contributed by atoms with Crippen LogP contribution in [0.4, 0.5) is 0 Å². The third-order valence-corrected chi connectivity index (χ3v) is 7.03. The van der Waals surface area contributed by atoms with Gasteiger partial charge in [0.05, 0.1) is 18.8 Å². The molecule has 0 spiro atoms. The molecule has 32 heavy (non-hydrogen) atoms. The van der Waals surface area contributed by atoms with Crippen LogP contribution in [0.3, 0.4) is 0 Å². The Morgan fingerprint density at radius 1 is 1.03 bits per heavy atom. The van der Waals surface area contributed by atoms with Crippen molar-refractivity contribution in [2.45, 2.75) is 43.1 Å². The van der Waals surface area contributed by atoms with E-state index in [0.717, 1.165) is 52.6 Å². The number of piperidine rings is 1. The third-order valence-electron chi connectivity index (χ3n) is 6.06. The zero-order chi connectivity index (χ0) is 21.9. The summed E-state index contributed by atoms with van der Waals surface area (Å²) in [6.45, 7) is 4.46. The zero-order valence-electron chi connectivity index (χ0n) is 18.5. The van der Waals surface area contributed by atoms with Crippen LogP contribution in [0.5, 0.6) is 5.75 Å². The van der Waals surface area contributed by atoms with Gasteiger partial charge in [0, 0.05) is 23.8 Å². The fraction of sp³-hybridized carbons (Fsp3) is 0.375. The van der Waals surface area contributed by atoms with Crippen LogP contribution in [0.25, 0.3) is 11.3 Å². The number of methoxy groups -OCH3 is 1. The summed E-state index contributed by atoms with van der Waals surface area (Å²) in [5.41, 5.74) is 3.03. The molecule has 4 aromatic rings. The van der Waals surface area contributed by atoms with Crippen LogP contribution < -0.4 is 4.74 Å². The molecule has 1 unspecified atom stereocenters. The number of imidazole rings is 1. The second-order valence-corrected chi connectivity index (χ2v) is 9.08. The Kier molecular flexibility index (Phi) is 6.14. The molecular formula is C24H28N6OS. The van der Waals surface area contributed by atoms with Gasteiger partial charge in [-0.15, -0.1) is 10.2 Å². The molecule has 3 aromatic heterocycles. The van der Waals surface area contributed by atoms with Gasteiger partial charge in [-0.1, -0.05) is 24.2 Å². The summed E-state index contributed by atoms with van der Waals surface area (Å²) in [4.78, 5) is 7.25. The number of hydrogen-bond acceptors (Lipinski definition) is 6. The van der Waals surface area contributed by atoms with Crippen molar-refractivity contribution in [1.82, 2.24) is 29.0 Å². The van der Waals surface area contributed by atoms with Crippen molar-refractivity contribution in [1.29, 1.82) is 0 Å². The van der Waals surface area contributed by atoms with Gasteiger partial charge >= 0.3 is 0 Å². The van der Waals surface area contributed by atoms with Gasteiger partial charge in [-0.3, -0.25) is 9.47 Å². The highest BCUT2D eigenvalue weighted by Gasteiger charge is 2.25. The first-order chi connectivity index (χ1) is 15.7. The molecule has 0 saturated carbocycles. The number of hydrogen-bond donors (Lipinski definition) is 0. The van der Waals surface area contributed by atoms with Crippen molar-refractivity contribution >= 4 is 17.4 Å². The third kappa shape index (κ3) is 4.25. The molecule has 5 rings (SSSR count). The van der Waals surface area contributed by atoms with Crippen LogP contribution in [0.15, 0.2) is 60.0 Å². The van der Waals surface area contributed by atoms with Crippen molar-refractivity contribution in [2.75, 3.05) is 20.2 Å². The van der Waals surface area contributed by atoms with Gasteiger partial charge in [-0.2, -0.15) is 0 Å². The molecule has 1 atom stereocenters.